The van der Waals surface area contributed by atoms with Crippen LogP contribution < -0.4 is 10.6 Å². The van der Waals surface area contributed by atoms with Gasteiger partial charge in [-0.05, 0) is 48.7 Å². The third kappa shape index (κ3) is 3.61. The van der Waals surface area contributed by atoms with E-state index in [-0.39, 0.29) is 36.7 Å². The van der Waals surface area contributed by atoms with Crippen LogP contribution >= 0.6 is 0 Å². The second-order valence-corrected chi connectivity index (χ2v) is 7.25. The molecule has 1 unspecified atom stereocenters. The molecule has 29 heavy (non-hydrogen) atoms. The third-order valence-corrected chi connectivity index (χ3v) is 5.32. The Balaban J connectivity index is 1.49. The van der Waals surface area contributed by atoms with E-state index in [0.29, 0.717) is 23.1 Å². The molecular weight excluding hydrogens is 372 g/mol. The van der Waals surface area contributed by atoms with E-state index in [1.807, 2.05) is 19.1 Å². The van der Waals surface area contributed by atoms with Gasteiger partial charge < -0.3 is 10.2 Å². The fraction of sp³-hybridized carbons (Fsp3) is 0.286. The first-order valence-corrected chi connectivity index (χ1v) is 9.42. The second-order valence-electron chi connectivity index (χ2n) is 7.25. The number of carbonyl (C=O) groups is 4. The first-order chi connectivity index (χ1) is 13.9. The number of piperidine rings is 1. The molecule has 2 atom stereocenters. The van der Waals surface area contributed by atoms with Gasteiger partial charge >= 0.3 is 0 Å². The van der Waals surface area contributed by atoms with Crippen molar-refractivity contribution in [1.82, 2.24) is 20.5 Å². The first-order valence-electron chi connectivity index (χ1n) is 9.42. The molecule has 1 aromatic heterocycles. The molecule has 1 aromatic carbocycles. The monoisotopic (exact) mass is 392 g/mol. The number of nitrogens with zero attached hydrogens (tertiary/aromatic N) is 2. The molecule has 1 saturated heterocycles. The lowest BCUT2D eigenvalue weighted by atomic mass is 10.0. The van der Waals surface area contributed by atoms with Crippen molar-refractivity contribution in [2.45, 2.75) is 38.4 Å². The fourth-order valence-electron chi connectivity index (χ4n) is 3.71. The number of amides is 4. The number of hydrogen-bond donors (Lipinski definition) is 2. The van der Waals surface area contributed by atoms with E-state index in [4.69, 9.17) is 0 Å². The highest BCUT2D eigenvalue weighted by Crippen LogP contribution is 2.28. The lowest BCUT2D eigenvalue weighted by Crippen LogP contribution is -2.52. The molecule has 2 aliphatic heterocycles. The Labute approximate surface area is 167 Å². The highest BCUT2D eigenvalue weighted by atomic mass is 16.2. The zero-order valence-corrected chi connectivity index (χ0v) is 15.8. The van der Waals surface area contributed by atoms with Crippen LogP contribution in [-0.2, 0) is 16.1 Å². The van der Waals surface area contributed by atoms with E-state index in [9.17, 15) is 19.2 Å². The summed E-state index contributed by atoms with van der Waals surface area (Å²) in [6.07, 6.45) is 3.88. The molecule has 1 fully saturated rings. The van der Waals surface area contributed by atoms with Crippen LogP contribution in [0.5, 0.6) is 0 Å². The smallest absolute Gasteiger partial charge is 0.255 e. The van der Waals surface area contributed by atoms with Crippen LogP contribution in [0.2, 0.25) is 0 Å². The molecule has 8 nitrogen and oxygen atoms in total. The molecule has 0 bridgehead atoms. The summed E-state index contributed by atoms with van der Waals surface area (Å²) in [6.45, 7) is 2.11. The lowest BCUT2D eigenvalue weighted by Gasteiger charge is -2.29. The molecule has 2 N–H and O–H groups in total. The van der Waals surface area contributed by atoms with E-state index in [0.717, 1.165) is 5.56 Å². The van der Waals surface area contributed by atoms with Crippen molar-refractivity contribution >= 4 is 23.6 Å². The number of hydrogen-bond acceptors (Lipinski definition) is 5. The SMILES string of the molecule is C[C@H](NC(=O)c1ccc2c(c1)CN(C1CCC(=O)NC1=O)C2=O)c1cccnc1. The second kappa shape index (κ2) is 7.46. The molecule has 2 aromatic rings. The predicted molar refractivity (Wildman–Crippen MR) is 103 cm³/mol. The van der Waals surface area contributed by atoms with Crippen LogP contribution in [0.4, 0.5) is 0 Å². The van der Waals surface area contributed by atoms with Crippen molar-refractivity contribution in [3.8, 4) is 0 Å². The number of nitrogens with one attached hydrogen (secondary N) is 2. The van der Waals surface area contributed by atoms with Gasteiger partial charge in [-0.25, -0.2) is 0 Å². The van der Waals surface area contributed by atoms with Crippen molar-refractivity contribution in [2.24, 2.45) is 0 Å². The number of pyridine rings is 1. The highest BCUT2D eigenvalue weighted by Gasteiger charge is 2.39. The maximum atomic E-state index is 12.7. The van der Waals surface area contributed by atoms with Gasteiger partial charge in [-0.3, -0.25) is 29.5 Å². The normalized spacial score (nSPS) is 19.6. The Kier molecular flexibility index (Phi) is 4.84. The summed E-state index contributed by atoms with van der Waals surface area (Å²) in [5.74, 6) is -1.29. The minimum atomic E-state index is -0.671. The lowest BCUT2D eigenvalue weighted by molar-refractivity contribution is -0.136. The van der Waals surface area contributed by atoms with Gasteiger partial charge in [-0.2, -0.15) is 0 Å². The van der Waals surface area contributed by atoms with E-state index >= 15 is 0 Å². The molecule has 148 valence electrons. The average Bonchev–Trinajstić information content (AvgIpc) is 3.04. The van der Waals surface area contributed by atoms with Crippen molar-refractivity contribution in [1.29, 1.82) is 0 Å². The molecule has 8 heteroatoms. The molecule has 2 aliphatic rings. The van der Waals surface area contributed by atoms with E-state index in [2.05, 4.69) is 15.6 Å². The van der Waals surface area contributed by atoms with Crippen molar-refractivity contribution in [3.63, 3.8) is 0 Å². The highest BCUT2D eigenvalue weighted by molar-refractivity contribution is 6.06. The summed E-state index contributed by atoms with van der Waals surface area (Å²) < 4.78 is 0. The van der Waals surface area contributed by atoms with Gasteiger partial charge in [0.2, 0.25) is 11.8 Å². The van der Waals surface area contributed by atoms with E-state index in [1.165, 1.54) is 4.90 Å². The van der Waals surface area contributed by atoms with Gasteiger partial charge in [0.25, 0.3) is 11.8 Å². The zero-order chi connectivity index (χ0) is 20.5. The van der Waals surface area contributed by atoms with Gasteiger partial charge in [0, 0.05) is 36.5 Å². The summed E-state index contributed by atoms with van der Waals surface area (Å²) in [4.78, 5) is 54.4. The standard InChI is InChI=1S/C21H20N4O4/c1-12(14-3-2-8-22-10-14)23-19(27)13-4-5-16-15(9-13)11-25(21(16)29)17-6-7-18(26)24-20(17)28/h2-5,8-10,12,17H,6-7,11H2,1H3,(H,23,27)(H,24,26,28)/t12-,17?/m0/s1. The minimum Gasteiger partial charge on any atom is -0.345 e. The van der Waals surface area contributed by atoms with Gasteiger partial charge in [0.05, 0.1) is 6.04 Å². The summed E-state index contributed by atoms with van der Waals surface area (Å²) >= 11 is 0. The number of fused-ring (bicyclic) bond motifs is 1. The Morgan fingerprint density at radius 3 is 2.83 bits per heavy atom. The number of benzene rings is 1. The van der Waals surface area contributed by atoms with Gasteiger partial charge in [0.15, 0.2) is 0 Å². The molecule has 4 rings (SSSR count). The molecule has 3 heterocycles. The van der Waals surface area contributed by atoms with Gasteiger partial charge in [0.1, 0.15) is 6.04 Å². The number of carbonyl (C=O) groups excluding carboxylic acids is 4. The van der Waals surface area contributed by atoms with Crippen LogP contribution in [-0.4, -0.2) is 39.6 Å². The Bertz CT molecular complexity index is 1000. The Morgan fingerprint density at radius 2 is 2.10 bits per heavy atom. The van der Waals surface area contributed by atoms with Crippen molar-refractivity contribution < 1.29 is 19.2 Å². The maximum absolute atomic E-state index is 12.7. The van der Waals surface area contributed by atoms with Crippen LogP contribution in [0.3, 0.4) is 0 Å². The van der Waals surface area contributed by atoms with Gasteiger partial charge in [-0.15, -0.1) is 0 Å². The average molecular weight is 392 g/mol. The number of aromatic nitrogens is 1. The van der Waals surface area contributed by atoms with Crippen LogP contribution in [0.15, 0.2) is 42.7 Å². The summed E-state index contributed by atoms with van der Waals surface area (Å²) in [7, 11) is 0. The largest absolute Gasteiger partial charge is 0.345 e. The summed E-state index contributed by atoms with van der Waals surface area (Å²) in [5, 5.41) is 5.20. The van der Waals surface area contributed by atoms with E-state index in [1.54, 1.807) is 30.6 Å². The van der Waals surface area contributed by atoms with E-state index < -0.39 is 11.9 Å². The molecule has 0 saturated carbocycles. The Morgan fingerprint density at radius 1 is 1.28 bits per heavy atom. The van der Waals surface area contributed by atoms with Crippen molar-refractivity contribution in [2.75, 3.05) is 0 Å². The Hall–Kier alpha value is -3.55. The van der Waals surface area contributed by atoms with Gasteiger partial charge in [-0.1, -0.05) is 6.07 Å². The first kappa shape index (κ1) is 18.8. The molecule has 0 spiro atoms. The quantitative estimate of drug-likeness (QED) is 0.763. The molecular formula is C21H20N4O4. The number of imide groups is 1. The predicted octanol–water partition coefficient (Wildman–Crippen LogP) is 1.33. The van der Waals surface area contributed by atoms with Crippen LogP contribution in [0.1, 0.15) is 57.7 Å². The summed E-state index contributed by atoms with van der Waals surface area (Å²) in [6, 6.07) is 7.72. The topological polar surface area (TPSA) is 108 Å². The third-order valence-electron chi connectivity index (χ3n) is 5.32. The molecule has 4 amide bonds. The minimum absolute atomic E-state index is 0.205. The fourth-order valence-corrected chi connectivity index (χ4v) is 3.71. The maximum Gasteiger partial charge on any atom is 0.255 e. The van der Waals surface area contributed by atoms with Crippen LogP contribution in [0, 0.1) is 0 Å². The molecule has 0 radical (unpaired) electrons. The number of rotatable bonds is 4. The summed E-state index contributed by atoms with van der Waals surface area (Å²) in [5.41, 5.74) is 2.51. The zero-order valence-electron chi connectivity index (χ0n) is 15.8. The molecule has 0 aliphatic carbocycles. The van der Waals surface area contributed by atoms with Crippen LogP contribution in [0.25, 0.3) is 0 Å². The van der Waals surface area contributed by atoms with Crippen molar-refractivity contribution in [3.05, 3.63) is 65.0 Å².